The molecule has 20 heavy (non-hydrogen) atoms. The number of hydrogen-bond acceptors (Lipinski definition) is 4. The molecule has 0 unspecified atom stereocenters. The number of ketones is 1. The van der Waals surface area contributed by atoms with Gasteiger partial charge >= 0.3 is 7.12 Å². The number of carbonyl (C=O) groups is 1. The number of hydrogen-bond donors (Lipinski definition) is 0. The number of rotatable bonds is 3. The predicted molar refractivity (Wildman–Crippen MR) is 79.1 cm³/mol. The summed E-state index contributed by atoms with van der Waals surface area (Å²) in [6.07, 6.45) is 2.03. The highest BCUT2D eigenvalue weighted by Crippen LogP contribution is 2.36. The van der Waals surface area contributed by atoms with Crippen LogP contribution in [0, 0.1) is 6.92 Å². The van der Waals surface area contributed by atoms with Gasteiger partial charge < -0.3 is 9.31 Å². The summed E-state index contributed by atoms with van der Waals surface area (Å²) in [7, 11) is -0.469. The monoisotopic (exact) mass is 275 g/mol. The maximum Gasteiger partial charge on any atom is 0.497 e. The topological polar surface area (TPSA) is 48.4 Å². The fraction of sp³-hybridized carbons (Fsp3) is 0.600. The highest BCUT2D eigenvalue weighted by molar-refractivity contribution is 6.63. The van der Waals surface area contributed by atoms with E-state index in [1.165, 1.54) is 0 Å². The Bertz CT molecular complexity index is 524. The number of Topliss-reactive ketones (excluding diaryl/α,β-unsaturated/α-hetero) is 1. The van der Waals surface area contributed by atoms with Gasteiger partial charge in [0.25, 0.3) is 0 Å². The summed E-state index contributed by atoms with van der Waals surface area (Å²) in [5, 5.41) is 0. The van der Waals surface area contributed by atoms with E-state index in [4.69, 9.17) is 9.31 Å². The molecule has 4 nitrogen and oxygen atoms in total. The average molecular weight is 275 g/mol. The molecule has 0 radical (unpaired) electrons. The molecule has 0 bridgehead atoms. The van der Waals surface area contributed by atoms with Crippen molar-refractivity contribution in [2.75, 3.05) is 0 Å². The Morgan fingerprint density at radius 1 is 1.25 bits per heavy atom. The van der Waals surface area contributed by atoms with Gasteiger partial charge in [0.1, 0.15) is 5.78 Å². The van der Waals surface area contributed by atoms with Gasteiger partial charge in [-0.25, -0.2) is 0 Å². The smallest absolute Gasteiger partial charge is 0.399 e. The zero-order chi connectivity index (χ0) is 15.1. The first-order chi connectivity index (χ1) is 9.14. The molecule has 1 aromatic rings. The van der Waals surface area contributed by atoms with Crippen molar-refractivity contribution in [3.05, 3.63) is 23.5 Å². The third-order valence-electron chi connectivity index (χ3n) is 4.20. The molecule has 0 N–H and O–H groups in total. The molecule has 1 aliphatic rings. The van der Waals surface area contributed by atoms with E-state index >= 15 is 0 Å². The molecule has 0 aliphatic carbocycles. The Balaban J connectivity index is 2.41. The van der Waals surface area contributed by atoms with Crippen molar-refractivity contribution in [3.8, 4) is 0 Å². The van der Waals surface area contributed by atoms with E-state index in [2.05, 4.69) is 4.98 Å². The van der Waals surface area contributed by atoms with Crippen LogP contribution in [0.3, 0.4) is 0 Å². The number of aromatic nitrogens is 1. The number of nitrogens with zero attached hydrogens (tertiary/aromatic N) is 1. The van der Waals surface area contributed by atoms with E-state index in [1.54, 1.807) is 13.1 Å². The fourth-order valence-corrected chi connectivity index (χ4v) is 2.29. The van der Waals surface area contributed by atoms with E-state index in [0.29, 0.717) is 6.42 Å². The zero-order valence-corrected chi connectivity index (χ0v) is 13.1. The number of pyridine rings is 1. The Hall–Kier alpha value is -1.20. The predicted octanol–water partition coefficient (Wildman–Crippen LogP) is 1.82. The van der Waals surface area contributed by atoms with Crippen molar-refractivity contribution >= 4 is 18.4 Å². The quantitative estimate of drug-likeness (QED) is 0.789. The molecule has 5 heteroatoms. The molecule has 108 valence electrons. The maximum absolute atomic E-state index is 11.4. The molecule has 0 amide bonds. The molecule has 0 atom stereocenters. The molecule has 0 spiro atoms. The van der Waals surface area contributed by atoms with Gasteiger partial charge in [0.15, 0.2) is 0 Å². The third-order valence-corrected chi connectivity index (χ3v) is 4.20. The molecular weight excluding hydrogens is 253 g/mol. The van der Waals surface area contributed by atoms with Crippen molar-refractivity contribution in [2.45, 2.75) is 59.2 Å². The Kier molecular flexibility index (Phi) is 3.78. The van der Waals surface area contributed by atoms with Crippen LogP contribution in [0.5, 0.6) is 0 Å². The lowest BCUT2D eigenvalue weighted by atomic mass is 9.74. The largest absolute Gasteiger partial charge is 0.497 e. The van der Waals surface area contributed by atoms with Gasteiger partial charge in [0.05, 0.1) is 11.2 Å². The van der Waals surface area contributed by atoms with Crippen molar-refractivity contribution in [1.29, 1.82) is 0 Å². The fourth-order valence-electron chi connectivity index (χ4n) is 2.29. The second-order valence-electron chi connectivity index (χ2n) is 6.46. The first-order valence-electron chi connectivity index (χ1n) is 6.93. The van der Waals surface area contributed by atoms with Gasteiger partial charge in [-0.05, 0) is 53.2 Å². The summed E-state index contributed by atoms with van der Waals surface area (Å²) in [6, 6.07) is 1.92. The second kappa shape index (κ2) is 4.97. The first-order valence-corrected chi connectivity index (χ1v) is 6.93. The van der Waals surface area contributed by atoms with Crippen molar-refractivity contribution in [2.24, 2.45) is 0 Å². The molecule has 1 aliphatic heterocycles. The minimum atomic E-state index is -0.469. The average Bonchev–Trinajstić information content (AvgIpc) is 2.46. The van der Waals surface area contributed by atoms with Gasteiger partial charge in [0, 0.05) is 23.8 Å². The SMILES string of the molecule is CC(=O)Cc1nccc(C)c1B1OC(C)(C)C(C)(C)O1. The molecule has 1 saturated heterocycles. The van der Waals surface area contributed by atoms with Crippen LogP contribution < -0.4 is 5.46 Å². The Morgan fingerprint density at radius 3 is 2.30 bits per heavy atom. The molecular formula is C15H22BNO3. The van der Waals surface area contributed by atoms with Crippen LogP contribution >= 0.6 is 0 Å². The van der Waals surface area contributed by atoms with Crippen molar-refractivity contribution < 1.29 is 14.1 Å². The van der Waals surface area contributed by atoms with Crippen LogP contribution in [0.1, 0.15) is 45.9 Å². The second-order valence-corrected chi connectivity index (χ2v) is 6.46. The summed E-state index contributed by atoms with van der Waals surface area (Å²) < 4.78 is 12.2. The van der Waals surface area contributed by atoms with E-state index in [9.17, 15) is 4.79 Å². The van der Waals surface area contributed by atoms with Crippen LogP contribution in [-0.4, -0.2) is 29.1 Å². The highest BCUT2D eigenvalue weighted by Gasteiger charge is 2.52. The number of carbonyl (C=O) groups excluding carboxylic acids is 1. The van der Waals surface area contributed by atoms with E-state index in [0.717, 1.165) is 16.7 Å². The summed E-state index contributed by atoms with van der Waals surface area (Å²) in [5.74, 6) is 0.0841. The summed E-state index contributed by atoms with van der Waals surface area (Å²) in [4.78, 5) is 15.8. The minimum absolute atomic E-state index is 0.0841. The Labute approximate surface area is 121 Å². The molecule has 0 aromatic carbocycles. The maximum atomic E-state index is 11.4. The zero-order valence-electron chi connectivity index (χ0n) is 13.1. The van der Waals surface area contributed by atoms with Crippen molar-refractivity contribution in [1.82, 2.24) is 4.98 Å². The molecule has 0 saturated carbocycles. The van der Waals surface area contributed by atoms with E-state index in [-0.39, 0.29) is 5.78 Å². The summed E-state index contributed by atoms with van der Waals surface area (Å²) in [5.41, 5.74) is 1.88. The molecule has 1 aromatic heterocycles. The lowest BCUT2D eigenvalue weighted by molar-refractivity contribution is -0.116. The van der Waals surface area contributed by atoms with Gasteiger partial charge in [-0.3, -0.25) is 9.78 Å². The molecule has 1 fully saturated rings. The van der Waals surface area contributed by atoms with Gasteiger partial charge in [0.2, 0.25) is 0 Å². The lowest BCUT2D eigenvalue weighted by Gasteiger charge is -2.32. The van der Waals surface area contributed by atoms with Gasteiger partial charge in [-0.15, -0.1) is 0 Å². The van der Waals surface area contributed by atoms with Crippen LogP contribution in [0.4, 0.5) is 0 Å². The highest BCUT2D eigenvalue weighted by atomic mass is 16.7. The van der Waals surface area contributed by atoms with Crippen LogP contribution in [-0.2, 0) is 20.5 Å². The molecule has 2 rings (SSSR count). The first kappa shape index (κ1) is 15.2. The van der Waals surface area contributed by atoms with Crippen LogP contribution in [0.25, 0.3) is 0 Å². The van der Waals surface area contributed by atoms with E-state index in [1.807, 2.05) is 40.7 Å². The van der Waals surface area contributed by atoms with Crippen LogP contribution in [0.2, 0.25) is 0 Å². The summed E-state index contributed by atoms with van der Waals surface area (Å²) >= 11 is 0. The van der Waals surface area contributed by atoms with Crippen molar-refractivity contribution in [3.63, 3.8) is 0 Å². The van der Waals surface area contributed by atoms with E-state index < -0.39 is 18.3 Å². The minimum Gasteiger partial charge on any atom is -0.399 e. The third kappa shape index (κ3) is 2.65. The van der Waals surface area contributed by atoms with Gasteiger partial charge in [-0.2, -0.15) is 0 Å². The molecule has 2 heterocycles. The Morgan fingerprint density at radius 2 is 1.80 bits per heavy atom. The standard InChI is InChI=1S/C15H22BNO3/c1-10-7-8-17-12(9-11(2)18)13(10)16-19-14(3,4)15(5,6)20-16/h7-8H,9H2,1-6H3. The summed E-state index contributed by atoms with van der Waals surface area (Å²) in [6.45, 7) is 11.6. The normalized spacial score (nSPS) is 20.2. The van der Waals surface area contributed by atoms with Crippen LogP contribution in [0.15, 0.2) is 12.3 Å². The number of aryl methyl sites for hydroxylation is 1. The lowest BCUT2D eigenvalue weighted by Crippen LogP contribution is -2.41. The van der Waals surface area contributed by atoms with Gasteiger partial charge in [-0.1, -0.05) is 0 Å².